The molecule has 0 atom stereocenters. The molecule has 70 valence electrons. The molecular weight excluding hydrogens is 172 g/mol. The van der Waals surface area contributed by atoms with Crippen molar-refractivity contribution in [3.05, 3.63) is 18.6 Å². The molecule has 1 aromatic rings. The van der Waals surface area contributed by atoms with Gasteiger partial charge in [-0.3, -0.25) is 0 Å². The molecule has 1 aromatic heterocycles. The van der Waals surface area contributed by atoms with E-state index >= 15 is 0 Å². The molecule has 0 aromatic carbocycles. The van der Waals surface area contributed by atoms with E-state index in [4.69, 9.17) is 5.11 Å². The monoisotopic (exact) mass is 182 g/mol. The Morgan fingerprint density at radius 3 is 2.69 bits per heavy atom. The summed E-state index contributed by atoms with van der Waals surface area (Å²) in [4.78, 5) is 12.4. The van der Waals surface area contributed by atoms with E-state index in [2.05, 4.69) is 10.3 Å². The van der Waals surface area contributed by atoms with Crippen LogP contribution in [0.15, 0.2) is 18.6 Å². The predicted molar refractivity (Wildman–Crippen MR) is 45.6 cm³/mol. The lowest BCUT2D eigenvalue weighted by Gasteiger charge is -2.07. The smallest absolute Gasteiger partial charge is 0.356 e. The molecule has 6 nitrogen and oxygen atoms in total. The topological polar surface area (TPSA) is 71.2 Å². The van der Waals surface area contributed by atoms with Gasteiger partial charge in [0.15, 0.2) is 5.70 Å². The Morgan fingerprint density at radius 2 is 2.31 bits per heavy atom. The van der Waals surface area contributed by atoms with Gasteiger partial charge in [-0.25, -0.2) is 9.48 Å². The van der Waals surface area contributed by atoms with E-state index in [0.717, 1.165) is 0 Å². The third-order valence-corrected chi connectivity index (χ3v) is 1.27. The zero-order valence-corrected chi connectivity index (χ0v) is 7.38. The van der Waals surface area contributed by atoms with Gasteiger partial charge in [0.1, 0.15) is 0 Å². The maximum atomic E-state index is 10.7. The van der Waals surface area contributed by atoms with Gasteiger partial charge in [-0.1, -0.05) is 5.21 Å². The fourth-order valence-electron chi connectivity index (χ4n) is 0.794. The molecular formula is C7H10N4O2. The molecule has 13 heavy (non-hydrogen) atoms. The summed E-state index contributed by atoms with van der Waals surface area (Å²) in [5.41, 5.74) is 0.0579. The van der Waals surface area contributed by atoms with Crippen molar-refractivity contribution in [2.45, 2.75) is 0 Å². The van der Waals surface area contributed by atoms with Crippen LogP contribution >= 0.6 is 0 Å². The van der Waals surface area contributed by atoms with Crippen molar-refractivity contribution in [1.29, 1.82) is 0 Å². The molecule has 0 aliphatic carbocycles. The van der Waals surface area contributed by atoms with Crippen LogP contribution in [0.5, 0.6) is 0 Å². The minimum absolute atomic E-state index is 0.0579. The molecule has 6 heteroatoms. The molecule has 0 aliphatic heterocycles. The highest BCUT2D eigenvalue weighted by atomic mass is 16.4. The number of hydrogen-bond donors (Lipinski definition) is 1. The third kappa shape index (κ3) is 2.29. The number of carbonyl (C=O) groups is 1. The normalized spacial score (nSPS) is 11.4. The zero-order valence-electron chi connectivity index (χ0n) is 7.38. The van der Waals surface area contributed by atoms with E-state index in [0.29, 0.717) is 0 Å². The van der Waals surface area contributed by atoms with E-state index in [1.165, 1.54) is 23.3 Å². The number of hydrogen-bond acceptors (Lipinski definition) is 4. The lowest BCUT2D eigenvalue weighted by Crippen LogP contribution is -2.13. The van der Waals surface area contributed by atoms with Crippen LogP contribution in [0.4, 0.5) is 0 Å². The van der Waals surface area contributed by atoms with Crippen LogP contribution in [0.1, 0.15) is 0 Å². The molecule has 0 spiro atoms. The second-order valence-corrected chi connectivity index (χ2v) is 2.63. The lowest BCUT2D eigenvalue weighted by atomic mass is 10.4. The standard InChI is InChI=1S/C7H10N4O2/c1-10(2)5-6(7(12)13)11-4-3-8-9-11/h3-5H,1-2H3,(H,12,13). The second-order valence-electron chi connectivity index (χ2n) is 2.63. The largest absolute Gasteiger partial charge is 0.476 e. The van der Waals surface area contributed by atoms with Crippen LogP contribution in [0, 0.1) is 0 Å². The highest BCUT2D eigenvalue weighted by molar-refractivity contribution is 6.08. The number of rotatable bonds is 3. The maximum Gasteiger partial charge on any atom is 0.356 e. The van der Waals surface area contributed by atoms with Gasteiger partial charge in [0.05, 0.1) is 12.4 Å². The van der Waals surface area contributed by atoms with E-state index in [9.17, 15) is 4.79 Å². The van der Waals surface area contributed by atoms with Gasteiger partial charge in [-0.05, 0) is 0 Å². The molecule has 0 amide bonds. The average Bonchev–Trinajstić information content (AvgIpc) is 2.50. The molecule has 0 unspecified atom stereocenters. The molecule has 0 saturated heterocycles. The quantitative estimate of drug-likeness (QED) is 0.651. The minimum atomic E-state index is -1.04. The molecule has 1 rings (SSSR count). The van der Waals surface area contributed by atoms with Gasteiger partial charge < -0.3 is 10.0 Å². The van der Waals surface area contributed by atoms with Gasteiger partial charge in [0.25, 0.3) is 0 Å². The van der Waals surface area contributed by atoms with E-state index < -0.39 is 5.97 Å². The number of aromatic nitrogens is 3. The predicted octanol–water partition coefficient (Wildman–Crippen LogP) is -0.277. The van der Waals surface area contributed by atoms with Crippen LogP contribution < -0.4 is 0 Å². The first-order valence-corrected chi connectivity index (χ1v) is 3.59. The Hall–Kier alpha value is -1.85. The third-order valence-electron chi connectivity index (χ3n) is 1.27. The summed E-state index contributed by atoms with van der Waals surface area (Å²) in [6.07, 6.45) is 4.35. The Kier molecular flexibility index (Phi) is 2.63. The first-order valence-electron chi connectivity index (χ1n) is 3.59. The Labute approximate surface area is 75.1 Å². The van der Waals surface area contributed by atoms with Gasteiger partial charge in [-0.2, -0.15) is 0 Å². The summed E-state index contributed by atoms with van der Waals surface area (Å²) in [7, 11) is 3.47. The second kappa shape index (κ2) is 3.70. The lowest BCUT2D eigenvalue weighted by molar-refractivity contribution is -0.130. The first kappa shape index (κ1) is 9.24. The molecule has 0 bridgehead atoms. The highest BCUT2D eigenvalue weighted by Crippen LogP contribution is 2.01. The summed E-state index contributed by atoms with van der Waals surface area (Å²) in [5, 5.41) is 15.9. The highest BCUT2D eigenvalue weighted by Gasteiger charge is 2.10. The fraction of sp³-hybridized carbons (Fsp3) is 0.286. The fourth-order valence-corrected chi connectivity index (χ4v) is 0.794. The average molecular weight is 182 g/mol. The SMILES string of the molecule is CN(C)C=C(C(=O)O)n1ccnn1. The molecule has 0 saturated carbocycles. The van der Waals surface area contributed by atoms with Crippen LogP contribution in [-0.4, -0.2) is 45.1 Å². The summed E-state index contributed by atoms with van der Waals surface area (Å²) in [6, 6.07) is 0. The Bertz CT molecular complexity index is 315. The van der Waals surface area contributed by atoms with E-state index in [1.54, 1.807) is 19.0 Å². The number of carboxylic acids is 1. The van der Waals surface area contributed by atoms with Gasteiger partial charge in [-0.15, -0.1) is 5.10 Å². The minimum Gasteiger partial charge on any atom is -0.476 e. The van der Waals surface area contributed by atoms with Crippen molar-refractivity contribution in [2.75, 3.05) is 14.1 Å². The summed E-state index contributed by atoms with van der Waals surface area (Å²) >= 11 is 0. The number of aliphatic carboxylic acids is 1. The number of carboxylic acid groups (broad SMARTS) is 1. The van der Waals surface area contributed by atoms with Crippen LogP contribution in [0.3, 0.4) is 0 Å². The first-order chi connectivity index (χ1) is 6.11. The Balaban J connectivity index is 3.01. The van der Waals surface area contributed by atoms with Gasteiger partial charge in [0.2, 0.25) is 0 Å². The van der Waals surface area contributed by atoms with E-state index in [-0.39, 0.29) is 5.70 Å². The molecule has 1 heterocycles. The van der Waals surface area contributed by atoms with E-state index in [1.807, 2.05) is 0 Å². The molecule has 0 aliphatic rings. The molecule has 0 radical (unpaired) electrons. The molecule has 0 fully saturated rings. The van der Waals surface area contributed by atoms with Crippen molar-refractivity contribution in [2.24, 2.45) is 0 Å². The van der Waals surface area contributed by atoms with Crippen molar-refractivity contribution in [1.82, 2.24) is 19.9 Å². The van der Waals surface area contributed by atoms with Crippen molar-refractivity contribution in [3.63, 3.8) is 0 Å². The van der Waals surface area contributed by atoms with Gasteiger partial charge >= 0.3 is 5.97 Å². The van der Waals surface area contributed by atoms with Crippen LogP contribution in [0.25, 0.3) is 5.70 Å². The Morgan fingerprint density at radius 1 is 1.62 bits per heavy atom. The van der Waals surface area contributed by atoms with Gasteiger partial charge in [0, 0.05) is 20.3 Å². The summed E-state index contributed by atoms with van der Waals surface area (Å²) in [6.45, 7) is 0. The summed E-state index contributed by atoms with van der Waals surface area (Å²) < 4.78 is 1.20. The van der Waals surface area contributed by atoms with Crippen molar-refractivity contribution >= 4 is 11.7 Å². The maximum absolute atomic E-state index is 10.7. The summed E-state index contributed by atoms with van der Waals surface area (Å²) in [5.74, 6) is -1.04. The number of nitrogens with zero attached hydrogens (tertiary/aromatic N) is 4. The van der Waals surface area contributed by atoms with Crippen molar-refractivity contribution in [3.8, 4) is 0 Å². The van der Waals surface area contributed by atoms with Crippen LogP contribution in [0.2, 0.25) is 0 Å². The van der Waals surface area contributed by atoms with Crippen molar-refractivity contribution < 1.29 is 9.90 Å². The van der Waals surface area contributed by atoms with Crippen LogP contribution in [-0.2, 0) is 4.79 Å². The molecule has 1 N–H and O–H groups in total. The zero-order chi connectivity index (χ0) is 9.84.